The molecule has 4 fully saturated rings. The smallest absolute Gasteiger partial charge is 0.249 e. The fourth-order valence-electron chi connectivity index (χ4n) is 6.70. The molecule has 3 heterocycles. The zero-order valence-corrected chi connectivity index (χ0v) is 24.5. The third kappa shape index (κ3) is 6.94. The number of nitrogens with one attached hydrogen (secondary N) is 4. The van der Waals surface area contributed by atoms with Crippen LogP contribution in [0.5, 0.6) is 0 Å². The normalized spacial score (nSPS) is 43.6. The largest absolute Gasteiger partial charge is 0.492 e. The predicted molar refractivity (Wildman–Crippen MR) is 152 cm³/mol. The summed E-state index contributed by atoms with van der Waals surface area (Å²) in [5.74, 6) is 0.00552. The summed E-state index contributed by atoms with van der Waals surface area (Å²) in [7, 11) is 1.61. The fourth-order valence-corrected chi connectivity index (χ4v) is 6.70. The van der Waals surface area contributed by atoms with Crippen LogP contribution in [0.15, 0.2) is 11.8 Å². The number of hydrogen-bond donors (Lipinski definition) is 10. The lowest BCUT2D eigenvalue weighted by molar-refractivity contribution is -0.297. The highest BCUT2D eigenvalue weighted by atomic mass is 16.7. The van der Waals surface area contributed by atoms with Crippen LogP contribution in [0.25, 0.3) is 0 Å². The van der Waals surface area contributed by atoms with E-state index in [4.69, 9.17) is 25.7 Å². The van der Waals surface area contributed by atoms with Gasteiger partial charge in [0.2, 0.25) is 5.91 Å². The fraction of sp³-hybridized carbons (Fsp3) is 0.893. The lowest BCUT2D eigenvalue weighted by atomic mass is 9.72. The Labute approximate surface area is 246 Å². The van der Waals surface area contributed by atoms with Crippen molar-refractivity contribution >= 4 is 5.91 Å². The molecule has 0 aromatic carbocycles. The molecule has 42 heavy (non-hydrogen) atoms. The molecular formula is C28H50N6O8. The molecule has 14 heteroatoms. The van der Waals surface area contributed by atoms with Gasteiger partial charge in [-0.25, -0.2) is 0 Å². The molecular weight excluding hydrogens is 548 g/mol. The maximum atomic E-state index is 13.0. The molecule has 0 aromatic heterocycles. The Morgan fingerprint density at radius 2 is 1.98 bits per heavy atom. The van der Waals surface area contributed by atoms with E-state index in [0.717, 1.165) is 12.3 Å². The van der Waals surface area contributed by atoms with Crippen LogP contribution < -0.4 is 32.7 Å². The van der Waals surface area contributed by atoms with Crippen molar-refractivity contribution in [3.05, 3.63) is 11.8 Å². The average molecular weight is 599 g/mol. The Hall–Kier alpha value is -1.43. The van der Waals surface area contributed by atoms with Gasteiger partial charge in [0.15, 0.2) is 6.29 Å². The standard InChI is InChI=1S/C28H50N6O8/c1-28(39)12-40-27(22(37)25(28)31-2)42-24-18(34-26(38)20(35)14-9-33-10-14)7-17(30)19(21(24)36)23-16(29)6-5-15(41-23)11-32-8-13-3-4-13/h5,13-14,16-25,27,31-33,35-37,39H,3-4,6-12,29-30H2,1-2H3,(H,34,38)/t16-,17+,18-,19?,20?,21+,22-,23+,24+,25-,27-,28+/m1/s1. The van der Waals surface area contributed by atoms with E-state index in [0.29, 0.717) is 32.0 Å². The van der Waals surface area contributed by atoms with Crippen molar-refractivity contribution in [1.82, 2.24) is 21.3 Å². The van der Waals surface area contributed by atoms with E-state index in [1.54, 1.807) is 14.0 Å². The van der Waals surface area contributed by atoms with E-state index in [1.807, 2.05) is 6.08 Å². The third-order valence-corrected chi connectivity index (χ3v) is 9.57. The van der Waals surface area contributed by atoms with E-state index in [-0.39, 0.29) is 18.9 Å². The summed E-state index contributed by atoms with van der Waals surface area (Å²) in [5, 5.41) is 56.4. The molecule has 12 atom stereocenters. The van der Waals surface area contributed by atoms with Crippen molar-refractivity contribution in [1.29, 1.82) is 0 Å². The summed E-state index contributed by atoms with van der Waals surface area (Å²) in [6, 6.07) is -2.63. The highest BCUT2D eigenvalue weighted by Crippen LogP contribution is 2.37. The SMILES string of the molecule is CN[C@@H]1[C@@H](O)[C@@H](O[C@H]2[C@H](NC(=O)C(O)C3CNC3)C[C@H](N)C([C@H]3OC(CNCC4CC4)=CC[C@H]3N)[C@@H]2O)OC[C@]1(C)O. The van der Waals surface area contributed by atoms with Gasteiger partial charge >= 0.3 is 0 Å². The van der Waals surface area contributed by atoms with Gasteiger partial charge in [0.25, 0.3) is 0 Å². The highest BCUT2D eigenvalue weighted by molar-refractivity contribution is 5.81. The molecule has 5 aliphatic rings. The van der Waals surface area contributed by atoms with Gasteiger partial charge in [-0.15, -0.1) is 0 Å². The Balaban J connectivity index is 1.33. The van der Waals surface area contributed by atoms with E-state index >= 15 is 0 Å². The molecule has 5 rings (SSSR count). The summed E-state index contributed by atoms with van der Waals surface area (Å²) >= 11 is 0. The molecule has 2 unspecified atom stereocenters. The molecule has 0 radical (unpaired) electrons. The first kappa shape index (κ1) is 32.0. The van der Waals surface area contributed by atoms with Gasteiger partial charge in [0.05, 0.1) is 31.3 Å². The maximum absolute atomic E-state index is 13.0. The number of amides is 1. The average Bonchev–Trinajstić information content (AvgIpc) is 3.72. The molecule has 3 aliphatic heterocycles. The van der Waals surface area contributed by atoms with Crippen LogP contribution in [-0.4, -0.2) is 133 Å². The minimum Gasteiger partial charge on any atom is -0.492 e. The summed E-state index contributed by atoms with van der Waals surface area (Å²) in [5.41, 5.74) is 11.8. The second-order valence-corrected chi connectivity index (χ2v) is 13.1. The minimum absolute atomic E-state index is 0.130. The quantitative estimate of drug-likeness (QED) is 0.110. The first-order valence-electron chi connectivity index (χ1n) is 15.3. The number of carbonyl (C=O) groups excluding carboxylic acids is 1. The number of carbonyl (C=O) groups is 1. The van der Waals surface area contributed by atoms with Crippen molar-refractivity contribution in [2.75, 3.05) is 39.8 Å². The van der Waals surface area contributed by atoms with E-state index < -0.39 is 78.4 Å². The van der Waals surface area contributed by atoms with Crippen LogP contribution in [0, 0.1) is 17.8 Å². The Kier molecular flexibility index (Phi) is 10.1. The Morgan fingerprint density at radius 1 is 1.24 bits per heavy atom. The zero-order valence-electron chi connectivity index (χ0n) is 24.5. The molecule has 2 saturated heterocycles. The Morgan fingerprint density at radius 3 is 2.62 bits per heavy atom. The summed E-state index contributed by atoms with van der Waals surface area (Å²) < 4.78 is 18.3. The number of ether oxygens (including phenoxy) is 3. The molecule has 14 nitrogen and oxygen atoms in total. The second-order valence-electron chi connectivity index (χ2n) is 13.1. The molecule has 12 N–H and O–H groups in total. The number of rotatable bonds is 11. The molecule has 0 bridgehead atoms. The highest BCUT2D eigenvalue weighted by Gasteiger charge is 2.53. The molecule has 2 aliphatic carbocycles. The van der Waals surface area contributed by atoms with E-state index in [9.17, 15) is 25.2 Å². The second kappa shape index (κ2) is 13.3. The number of hydrogen-bond acceptors (Lipinski definition) is 13. The van der Waals surface area contributed by atoms with Gasteiger partial charge < -0.3 is 67.4 Å². The lowest BCUT2D eigenvalue weighted by Crippen LogP contribution is -2.70. The summed E-state index contributed by atoms with van der Waals surface area (Å²) in [6.45, 7) is 3.95. The van der Waals surface area contributed by atoms with Crippen LogP contribution in [0.4, 0.5) is 0 Å². The van der Waals surface area contributed by atoms with Gasteiger partial charge in [0.1, 0.15) is 35.8 Å². The number of aliphatic hydroxyl groups excluding tert-OH is 3. The lowest BCUT2D eigenvalue weighted by Gasteiger charge is -2.50. The number of likely N-dealkylation sites (N-methyl/N-ethyl adjacent to an activating group) is 1. The van der Waals surface area contributed by atoms with Gasteiger partial charge in [-0.05, 0) is 58.2 Å². The third-order valence-electron chi connectivity index (χ3n) is 9.57. The van der Waals surface area contributed by atoms with E-state index in [1.165, 1.54) is 12.8 Å². The molecule has 1 amide bonds. The van der Waals surface area contributed by atoms with E-state index in [2.05, 4.69) is 21.3 Å². The summed E-state index contributed by atoms with van der Waals surface area (Å²) in [6.07, 6.45) is -1.50. The van der Waals surface area contributed by atoms with Crippen molar-refractivity contribution in [3.63, 3.8) is 0 Å². The summed E-state index contributed by atoms with van der Waals surface area (Å²) in [4.78, 5) is 13.0. The molecule has 0 aromatic rings. The first-order valence-corrected chi connectivity index (χ1v) is 15.3. The van der Waals surface area contributed by atoms with Crippen molar-refractivity contribution < 1.29 is 39.4 Å². The van der Waals surface area contributed by atoms with Crippen LogP contribution >= 0.6 is 0 Å². The van der Waals surface area contributed by atoms with Crippen molar-refractivity contribution in [3.8, 4) is 0 Å². The van der Waals surface area contributed by atoms with Gasteiger partial charge in [-0.3, -0.25) is 4.79 Å². The van der Waals surface area contributed by atoms with Crippen LogP contribution in [0.1, 0.15) is 32.6 Å². The Bertz CT molecular complexity index is 965. The monoisotopic (exact) mass is 598 g/mol. The van der Waals surface area contributed by atoms with Crippen LogP contribution in [0.3, 0.4) is 0 Å². The zero-order chi connectivity index (χ0) is 30.2. The number of nitrogens with two attached hydrogens (primary N) is 2. The van der Waals surface area contributed by atoms with Crippen molar-refractivity contribution in [2.24, 2.45) is 29.2 Å². The van der Waals surface area contributed by atoms with Crippen molar-refractivity contribution in [2.45, 2.75) is 99.2 Å². The van der Waals surface area contributed by atoms with Crippen LogP contribution in [0.2, 0.25) is 0 Å². The topological polar surface area (TPSA) is 226 Å². The predicted octanol–water partition coefficient (Wildman–Crippen LogP) is -3.80. The number of aliphatic hydroxyl groups is 4. The minimum atomic E-state index is -1.36. The molecule has 240 valence electrons. The van der Waals surface area contributed by atoms with Crippen LogP contribution in [-0.2, 0) is 19.0 Å². The molecule has 2 saturated carbocycles. The van der Waals surface area contributed by atoms with Gasteiger partial charge in [-0.1, -0.05) is 0 Å². The van der Waals surface area contributed by atoms with Gasteiger partial charge in [-0.2, -0.15) is 0 Å². The first-order chi connectivity index (χ1) is 20.0. The maximum Gasteiger partial charge on any atom is 0.249 e. The molecule has 0 spiro atoms. The van der Waals surface area contributed by atoms with Gasteiger partial charge in [0, 0.05) is 37.0 Å².